The summed E-state index contributed by atoms with van der Waals surface area (Å²) in [6.45, 7) is 5.43. The number of nitrogens with zero attached hydrogens (tertiary/aromatic N) is 3. The molecule has 0 bridgehead atoms. The van der Waals surface area contributed by atoms with Crippen LogP contribution >= 0.6 is 0 Å². The molecule has 0 unspecified atom stereocenters. The quantitative estimate of drug-likeness (QED) is 0.816. The molecule has 1 saturated heterocycles. The van der Waals surface area contributed by atoms with Crippen LogP contribution in [0.4, 0.5) is 5.82 Å². The second-order valence-electron chi connectivity index (χ2n) is 4.51. The van der Waals surface area contributed by atoms with Gasteiger partial charge in [-0.3, -0.25) is 0 Å². The van der Waals surface area contributed by atoms with Crippen LogP contribution in [0, 0.1) is 11.3 Å². The molecule has 1 N–H and O–H groups in total. The number of pyridine rings is 1. The van der Waals surface area contributed by atoms with Crippen molar-refractivity contribution < 1.29 is 9.53 Å². The smallest absolute Gasteiger partial charge is 0.341 e. The molecule has 0 aliphatic carbocycles. The monoisotopic (exact) mass is 274 g/mol. The van der Waals surface area contributed by atoms with Gasteiger partial charge >= 0.3 is 5.97 Å². The van der Waals surface area contributed by atoms with Crippen molar-refractivity contribution in [1.29, 1.82) is 5.26 Å². The molecular formula is C14H18N4O2. The van der Waals surface area contributed by atoms with E-state index in [1.165, 1.54) is 0 Å². The third-order valence-electron chi connectivity index (χ3n) is 3.12. The maximum Gasteiger partial charge on any atom is 0.341 e. The largest absolute Gasteiger partial charge is 0.462 e. The fraction of sp³-hybridized carbons (Fsp3) is 0.500. The molecule has 20 heavy (non-hydrogen) atoms. The number of rotatable bonds is 4. The van der Waals surface area contributed by atoms with Crippen molar-refractivity contribution >= 4 is 11.8 Å². The van der Waals surface area contributed by atoms with Crippen LogP contribution in [-0.4, -0.2) is 43.7 Å². The minimum atomic E-state index is -0.381. The lowest BCUT2D eigenvalue weighted by Crippen LogP contribution is -2.44. The molecule has 0 aromatic carbocycles. The summed E-state index contributed by atoms with van der Waals surface area (Å²) >= 11 is 0. The van der Waals surface area contributed by atoms with Crippen molar-refractivity contribution in [2.24, 2.45) is 0 Å². The van der Waals surface area contributed by atoms with Crippen molar-refractivity contribution in [2.75, 3.05) is 37.7 Å². The van der Waals surface area contributed by atoms with Crippen LogP contribution in [0.5, 0.6) is 0 Å². The number of esters is 1. The Hall–Kier alpha value is -2.13. The zero-order valence-corrected chi connectivity index (χ0v) is 11.6. The highest BCUT2D eigenvalue weighted by Gasteiger charge is 2.21. The number of ether oxygens (including phenoxy) is 1. The predicted molar refractivity (Wildman–Crippen MR) is 74.6 cm³/mol. The van der Waals surface area contributed by atoms with E-state index in [9.17, 15) is 4.79 Å². The standard InChI is InChI=1S/C14H18N4O2/c1-2-20-14(19)12-9-11(3-4-15)10-17-13(12)18-7-5-16-6-8-18/h9-10,16H,2-3,5-8H2,1H3. The summed E-state index contributed by atoms with van der Waals surface area (Å²) in [5.74, 6) is 0.264. The van der Waals surface area contributed by atoms with E-state index in [1.807, 2.05) is 0 Å². The molecule has 0 amide bonds. The summed E-state index contributed by atoms with van der Waals surface area (Å²) in [5.41, 5.74) is 1.18. The van der Waals surface area contributed by atoms with Crippen LogP contribution < -0.4 is 10.2 Å². The van der Waals surface area contributed by atoms with E-state index in [-0.39, 0.29) is 12.4 Å². The van der Waals surface area contributed by atoms with Gasteiger partial charge in [0.15, 0.2) is 0 Å². The van der Waals surface area contributed by atoms with E-state index < -0.39 is 0 Å². The van der Waals surface area contributed by atoms with E-state index in [2.05, 4.69) is 21.3 Å². The van der Waals surface area contributed by atoms with Gasteiger partial charge in [-0.1, -0.05) is 0 Å². The van der Waals surface area contributed by atoms with Crippen molar-refractivity contribution in [2.45, 2.75) is 13.3 Å². The summed E-state index contributed by atoms with van der Waals surface area (Å²) < 4.78 is 5.09. The van der Waals surface area contributed by atoms with Crippen LogP contribution in [-0.2, 0) is 11.2 Å². The number of anilines is 1. The molecular weight excluding hydrogens is 256 g/mol. The molecule has 6 nitrogen and oxygen atoms in total. The Kier molecular flexibility index (Phi) is 4.91. The molecule has 1 aliphatic heterocycles. The highest BCUT2D eigenvalue weighted by atomic mass is 16.5. The Morgan fingerprint density at radius 3 is 2.95 bits per heavy atom. The summed E-state index contributed by atoms with van der Waals surface area (Å²) in [5, 5.41) is 12.0. The molecule has 1 fully saturated rings. The van der Waals surface area contributed by atoms with Crippen LogP contribution in [0.3, 0.4) is 0 Å². The second-order valence-corrected chi connectivity index (χ2v) is 4.51. The number of piperazine rings is 1. The SMILES string of the molecule is CCOC(=O)c1cc(CC#N)cnc1N1CCNCC1. The molecule has 0 radical (unpaired) electrons. The molecule has 1 aromatic rings. The van der Waals surface area contributed by atoms with Gasteiger partial charge in [-0.2, -0.15) is 5.26 Å². The van der Waals surface area contributed by atoms with Crippen LogP contribution in [0.15, 0.2) is 12.3 Å². The van der Waals surface area contributed by atoms with Gasteiger partial charge in [0, 0.05) is 32.4 Å². The number of carbonyl (C=O) groups is 1. The first kappa shape index (κ1) is 14.3. The van der Waals surface area contributed by atoms with Gasteiger partial charge < -0.3 is 15.0 Å². The Morgan fingerprint density at radius 2 is 2.30 bits per heavy atom. The second kappa shape index (κ2) is 6.87. The van der Waals surface area contributed by atoms with Crippen molar-refractivity contribution in [3.05, 3.63) is 23.4 Å². The van der Waals surface area contributed by atoms with Gasteiger partial charge in [0.2, 0.25) is 0 Å². The first-order valence-corrected chi connectivity index (χ1v) is 6.75. The predicted octanol–water partition coefficient (Wildman–Crippen LogP) is 0.734. The van der Waals surface area contributed by atoms with E-state index in [4.69, 9.17) is 10.00 Å². The maximum atomic E-state index is 12.1. The van der Waals surface area contributed by atoms with Gasteiger partial charge in [0.25, 0.3) is 0 Å². The maximum absolute atomic E-state index is 12.1. The Bertz CT molecular complexity index is 518. The Morgan fingerprint density at radius 1 is 1.55 bits per heavy atom. The van der Waals surface area contributed by atoms with Gasteiger partial charge in [-0.15, -0.1) is 0 Å². The van der Waals surface area contributed by atoms with Gasteiger partial charge in [0.05, 0.1) is 19.1 Å². The van der Waals surface area contributed by atoms with Crippen LogP contribution in [0.1, 0.15) is 22.8 Å². The number of hydrogen-bond acceptors (Lipinski definition) is 6. The summed E-state index contributed by atoms with van der Waals surface area (Å²) in [4.78, 5) is 18.5. The van der Waals surface area contributed by atoms with E-state index in [0.29, 0.717) is 18.0 Å². The molecule has 0 atom stereocenters. The lowest BCUT2D eigenvalue weighted by Gasteiger charge is -2.29. The molecule has 1 aromatic heterocycles. The Balaban J connectivity index is 2.33. The van der Waals surface area contributed by atoms with Gasteiger partial charge in [-0.25, -0.2) is 9.78 Å². The van der Waals surface area contributed by atoms with Gasteiger partial charge in [-0.05, 0) is 18.6 Å². The van der Waals surface area contributed by atoms with Crippen LogP contribution in [0.25, 0.3) is 0 Å². The lowest BCUT2D eigenvalue weighted by molar-refractivity contribution is 0.0526. The molecule has 1 aliphatic rings. The molecule has 0 saturated carbocycles. The summed E-state index contributed by atoms with van der Waals surface area (Å²) in [6.07, 6.45) is 1.89. The van der Waals surface area contributed by atoms with Crippen molar-refractivity contribution in [3.63, 3.8) is 0 Å². The zero-order chi connectivity index (χ0) is 14.4. The third-order valence-corrected chi connectivity index (χ3v) is 3.12. The molecule has 0 spiro atoms. The Labute approximate surface area is 118 Å². The third kappa shape index (κ3) is 3.25. The number of carbonyl (C=O) groups excluding carboxylic acids is 1. The molecule has 2 rings (SSSR count). The molecule has 2 heterocycles. The minimum Gasteiger partial charge on any atom is -0.462 e. The fourth-order valence-electron chi connectivity index (χ4n) is 2.18. The molecule has 6 heteroatoms. The normalized spacial score (nSPS) is 14.7. The first-order valence-electron chi connectivity index (χ1n) is 6.75. The summed E-state index contributed by atoms with van der Waals surface area (Å²) in [7, 11) is 0. The van der Waals surface area contributed by atoms with E-state index in [0.717, 1.165) is 31.7 Å². The highest BCUT2D eigenvalue weighted by Crippen LogP contribution is 2.20. The average Bonchev–Trinajstić information content (AvgIpc) is 2.49. The average molecular weight is 274 g/mol. The number of hydrogen-bond donors (Lipinski definition) is 1. The first-order chi connectivity index (χ1) is 9.76. The van der Waals surface area contributed by atoms with E-state index >= 15 is 0 Å². The molecule has 106 valence electrons. The number of aromatic nitrogens is 1. The highest BCUT2D eigenvalue weighted by molar-refractivity contribution is 5.95. The zero-order valence-electron chi connectivity index (χ0n) is 11.6. The topological polar surface area (TPSA) is 78.2 Å². The van der Waals surface area contributed by atoms with Gasteiger partial charge in [0.1, 0.15) is 11.4 Å². The lowest BCUT2D eigenvalue weighted by atomic mass is 10.1. The summed E-state index contributed by atoms with van der Waals surface area (Å²) in [6, 6.07) is 3.78. The minimum absolute atomic E-state index is 0.237. The van der Waals surface area contributed by atoms with Crippen molar-refractivity contribution in [3.8, 4) is 6.07 Å². The fourth-order valence-corrected chi connectivity index (χ4v) is 2.18. The van der Waals surface area contributed by atoms with Crippen molar-refractivity contribution in [1.82, 2.24) is 10.3 Å². The van der Waals surface area contributed by atoms with Crippen LogP contribution in [0.2, 0.25) is 0 Å². The van der Waals surface area contributed by atoms with E-state index in [1.54, 1.807) is 19.2 Å². The number of nitriles is 1. The number of nitrogens with one attached hydrogen (secondary N) is 1.